The molecule has 2 N–H and O–H groups in total. The number of fused-ring (bicyclic) bond motifs is 1. The van der Waals surface area contributed by atoms with E-state index in [9.17, 15) is 4.39 Å². The van der Waals surface area contributed by atoms with E-state index in [1.54, 1.807) is 12.3 Å². The molecule has 1 aliphatic heterocycles. The zero-order valence-corrected chi connectivity index (χ0v) is 11.5. The molecular weight excluding hydrogens is 298 g/mol. The molecule has 2 aromatic rings. The first-order valence-electron chi connectivity index (χ1n) is 6.79. The van der Waals surface area contributed by atoms with E-state index in [1.807, 2.05) is 0 Å². The van der Waals surface area contributed by atoms with Crippen LogP contribution in [-0.4, -0.2) is 34.0 Å². The van der Waals surface area contributed by atoms with Crippen LogP contribution < -0.4 is 4.89 Å². The molecule has 1 aromatic heterocycles. The van der Waals surface area contributed by atoms with Gasteiger partial charge < -0.3 is 14.6 Å². The quantitative estimate of drug-likeness (QED) is 0.492. The highest BCUT2D eigenvalue weighted by Crippen LogP contribution is 2.33. The molecule has 8 nitrogen and oxygen atoms in total. The lowest BCUT2D eigenvalue weighted by atomic mass is 10.2. The van der Waals surface area contributed by atoms with Crippen molar-refractivity contribution in [2.75, 3.05) is 6.61 Å². The third-order valence-electron chi connectivity index (χ3n) is 3.40. The summed E-state index contributed by atoms with van der Waals surface area (Å²) in [6.07, 6.45) is 3.92. The van der Waals surface area contributed by atoms with Gasteiger partial charge in [-0.2, -0.15) is 9.90 Å². The van der Waals surface area contributed by atoms with Gasteiger partial charge in [0, 0.05) is 12.0 Å². The molecule has 10 heteroatoms. The van der Waals surface area contributed by atoms with E-state index in [2.05, 4.69) is 14.7 Å². The van der Waals surface area contributed by atoms with Crippen LogP contribution in [-0.2, 0) is 14.3 Å². The SMILES string of the molecule is OOB(O)OOc1c(F)ccc2cnn(C3CCCCO3)c12. The fourth-order valence-electron chi connectivity index (χ4n) is 2.41. The summed E-state index contributed by atoms with van der Waals surface area (Å²) in [7, 11) is -2.06. The highest BCUT2D eigenvalue weighted by Gasteiger charge is 2.25. The Kier molecular flexibility index (Phi) is 4.55. The van der Waals surface area contributed by atoms with Crippen molar-refractivity contribution in [2.24, 2.45) is 0 Å². The van der Waals surface area contributed by atoms with E-state index >= 15 is 0 Å². The minimum absolute atomic E-state index is 0.278. The normalized spacial score (nSPS) is 18.6. The summed E-state index contributed by atoms with van der Waals surface area (Å²) in [5.41, 5.74) is 0.331. The summed E-state index contributed by atoms with van der Waals surface area (Å²) in [5, 5.41) is 22.0. The largest absolute Gasteiger partial charge is 0.703 e. The Hall–Kier alpha value is -1.72. The lowest BCUT2D eigenvalue weighted by molar-refractivity contribution is -0.229. The van der Waals surface area contributed by atoms with E-state index in [0.29, 0.717) is 17.5 Å². The van der Waals surface area contributed by atoms with E-state index in [1.165, 1.54) is 10.7 Å². The molecular formula is C12H14BFN2O6. The maximum atomic E-state index is 14.0. The Morgan fingerprint density at radius 2 is 2.27 bits per heavy atom. The molecule has 0 radical (unpaired) electrons. The van der Waals surface area contributed by atoms with Crippen LogP contribution >= 0.6 is 0 Å². The lowest BCUT2D eigenvalue weighted by Crippen LogP contribution is -2.24. The van der Waals surface area contributed by atoms with Crippen molar-refractivity contribution in [3.05, 3.63) is 24.1 Å². The molecule has 22 heavy (non-hydrogen) atoms. The third-order valence-corrected chi connectivity index (χ3v) is 3.40. The van der Waals surface area contributed by atoms with Crippen LogP contribution in [0.3, 0.4) is 0 Å². The van der Waals surface area contributed by atoms with Gasteiger partial charge in [-0.15, -0.1) is 0 Å². The molecule has 0 bridgehead atoms. The fraction of sp³-hybridized carbons (Fsp3) is 0.417. The molecule has 1 saturated heterocycles. The molecule has 0 saturated carbocycles. The van der Waals surface area contributed by atoms with Crippen LogP contribution in [0.15, 0.2) is 18.3 Å². The van der Waals surface area contributed by atoms with Crippen molar-refractivity contribution in [3.63, 3.8) is 0 Å². The van der Waals surface area contributed by atoms with Crippen LogP contribution in [0.25, 0.3) is 10.9 Å². The molecule has 118 valence electrons. The Labute approximate surface area is 125 Å². The molecule has 1 atom stereocenters. The average Bonchev–Trinajstić information content (AvgIpc) is 2.98. The van der Waals surface area contributed by atoms with Crippen LogP contribution in [0, 0.1) is 5.82 Å². The number of benzene rings is 1. The molecule has 0 aliphatic carbocycles. The van der Waals surface area contributed by atoms with Crippen molar-refractivity contribution in [2.45, 2.75) is 25.5 Å². The maximum absolute atomic E-state index is 14.0. The third kappa shape index (κ3) is 2.92. The first kappa shape index (κ1) is 15.2. The van der Waals surface area contributed by atoms with Gasteiger partial charge in [0.25, 0.3) is 0 Å². The Morgan fingerprint density at radius 1 is 1.41 bits per heavy atom. The second-order valence-corrected chi connectivity index (χ2v) is 4.82. The molecule has 0 spiro atoms. The number of nitrogens with zero attached hydrogens (tertiary/aromatic N) is 2. The Bertz CT molecular complexity index is 648. The smallest absolute Gasteiger partial charge is 0.398 e. The molecule has 3 rings (SSSR count). The summed E-state index contributed by atoms with van der Waals surface area (Å²) in [6, 6.07) is 2.73. The Morgan fingerprint density at radius 3 is 3.00 bits per heavy atom. The van der Waals surface area contributed by atoms with Gasteiger partial charge in [0.1, 0.15) is 5.52 Å². The molecule has 2 heterocycles. The number of halogens is 1. The summed E-state index contributed by atoms with van der Waals surface area (Å²) >= 11 is 0. The molecule has 0 amide bonds. The minimum Gasteiger partial charge on any atom is -0.398 e. The van der Waals surface area contributed by atoms with Gasteiger partial charge in [-0.3, -0.25) is 5.26 Å². The van der Waals surface area contributed by atoms with Crippen molar-refractivity contribution < 1.29 is 33.9 Å². The van der Waals surface area contributed by atoms with Crippen molar-refractivity contribution >= 4 is 18.2 Å². The predicted molar refractivity (Wildman–Crippen MR) is 71.9 cm³/mol. The highest BCUT2D eigenvalue weighted by molar-refractivity contribution is 6.33. The summed E-state index contributed by atoms with van der Waals surface area (Å²) < 4.78 is 21.2. The van der Waals surface area contributed by atoms with Gasteiger partial charge in [0.2, 0.25) is 5.75 Å². The first-order valence-corrected chi connectivity index (χ1v) is 6.79. The molecule has 1 aromatic carbocycles. The van der Waals surface area contributed by atoms with Crippen molar-refractivity contribution in [3.8, 4) is 5.75 Å². The maximum Gasteiger partial charge on any atom is 0.703 e. The van der Waals surface area contributed by atoms with E-state index in [0.717, 1.165) is 19.3 Å². The topological polar surface area (TPSA) is 95.2 Å². The van der Waals surface area contributed by atoms with Gasteiger partial charge in [0.15, 0.2) is 12.0 Å². The van der Waals surface area contributed by atoms with Crippen molar-refractivity contribution in [1.29, 1.82) is 0 Å². The number of hydrogen-bond donors (Lipinski definition) is 2. The van der Waals surface area contributed by atoms with E-state index < -0.39 is 13.1 Å². The Balaban J connectivity index is 1.97. The number of ether oxygens (including phenoxy) is 1. The lowest BCUT2D eigenvalue weighted by Gasteiger charge is -2.23. The number of rotatable bonds is 5. The minimum atomic E-state index is -2.06. The summed E-state index contributed by atoms with van der Waals surface area (Å²) in [6.45, 7) is 0.602. The number of hydrogen-bond acceptors (Lipinski definition) is 7. The van der Waals surface area contributed by atoms with Gasteiger partial charge >= 0.3 is 7.32 Å². The van der Waals surface area contributed by atoms with Gasteiger partial charge in [-0.05, 0) is 31.4 Å². The fourth-order valence-corrected chi connectivity index (χ4v) is 2.41. The molecule has 1 unspecified atom stereocenters. The standard InChI is InChI=1S/C12H14BFN2O6/c14-9-5-4-8-7-15-16(10-3-1-2-6-19-10)11(8)12(9)20-22-13(17)21-18/h4-5,7,10,17-18H,1-3,6H2. The summed E-state index contributed by atoms with van der Waals surface area (Å²) in [5.74, 6) is -0.990. The van der Waals surface area contributed by atoms with E-state index in [-0.39, 0.29) is 12.0 Å². The van der Waals surface area contributed by atoms with Crippen LogP contribution in [0.5, 0.6) is 5.75 Å². The van der Waals surface area contributed by atoms with E-state index in [4.69, 9.17) is 19.9 Å². The van der Waals surface area contributed by atoms with Crippen molar-refractivity contribution in [1.82, 2.24) is 9.78 Å². The molecule has 1 fully saturated rings. The second-order valence-electron chi connectivity index (χ2n) is 4.82. The first-order chi connectivity index (χ1) is 10.7. The molecule has 1 aliphatic rings. The monoisotopic (exact) mass is 312 g/mol. The number of aromatic nitrogens is 2. The van der Waals surface area contributed by atoms with Gasteiger partial charge in [-0.25, -0.2) is 13.9 Å². The predicted octanol–water partition coefficient (Wildman–Crippen LogP) is 1.65. The average molecular weight is 312 g/mol. The van der Waals surface area contributed by atoms with Gasteiger partial charge in [-0.1, -0.05) is 0 Å². The van der Waals surface area contributed by atoms with Crippen LogP contribution in [0.2, 0.25) is 0 Å². The zero-order chi connectivity index (χ0) is 15.5. The highest BCUT2D eigenvalue weighted by atomic mass is 19.1. The van der Waals surface area contributed by atoms with Crippen LogP contribution in [0.1, 0.15) is 25.5 Å². The summed E-state index contributed by atoms with van der Waals surface area (Å²) in [4.78, 5) is 12.6. The zero-order valence-electron chi connectivity index (χ0n) is 11.5. The van der Waals surface area contributed by atoms with Gasteiger partial charge in [0.05, 0.1) is 6.20 Å². The van der Waals surface area contributed by atoms with Crippen LogP contribution in [0.4, 0.5) is 4.39 Å². The second kappa shape index (κ2) is 6.59.